The molecule has 1 aliphatic rings. The lowest BCUT2D eigenvalue weighted by atomic mass is 9.99. The molecule has 0 saturated carbocycles. The highest BCUT2D eigenvalue weighted by molar-refractivity contribution is 6.30. The van der Waals surface area contributed by atoms with E-state index in [-0.39, 0.29) is 25.2 Å². The summed E-state index contributed by atoms with van der Waals surface area (Å²) in [5, 5.41) is 13.1. The van der Waals surface area contributed by atoms with E-state index in [1.165, 1.54) is 4.90 Å². The predicted molar refractivity (Wildman–Crippen MR) is 104 cm³/mol. The van der Waals surface area contributed by atoms with E-state index in [0.717, 1.165) is 11.6 Å². The van der Waals surface area contributed by atoms with Gasteiger partial charge in [-0.1, -0.05) is 11.6 Å². The summed E-state index contributed by atoms with van der Waals surface area (Å²) in [4.78, 5) is 7.91. The summed E-state index contributed by atoms with van der Waals surface area (Å²) < 4.78 is 38.8. The van der Waals surface area contributed by atoms with Crippen molar-refractivity contribution in [3.8, 4) is 6.19 Å². The van der Waals surface area contributed by atoms with Crippen LogP contribution in [0.3, 0.4) is 0 Å². The Hall–Kier alpha value is -2.92. The van der Waals surface area contributed by atoms with E-state index >= 15 is 0 Å². The summed E-state index contributed by atoms with van der Waals surface area (Å²) >= 11 is 6.09. The van der Waals surface area contributed by atoms with E-state index < -0.39 is 11.7 Å². The number of nitrogens with zero attached hydrogens (tertiary/aromatic N) is 3. The first kappa shape index (κ1) is 21.4. The van der Waals surface area contributed by atoms with Gasteiger partial charge in [0, 0.05) is 23.0 Å². The van der Waals surface area contributed by atoms with Gasteiger partial charge in [0.1, 0.15) is 6.67 Å². The van der Waals surface area contributed by atoms with Crippen LogP contribution in [0.4, 0.5) is 18.9 Å². The number of H-pyrrole nitrogens is 1. The smallest absolute Gasteiger partial charge is 0.366 e. The maximum Gasteiger partial charge on any atom is 0.412 e. The minimum absolute atomic E-state index is 0.0400. The molecular weight excluding hydrogens is 391 g/mol. The van der Waals surface area contributed by atoms with Crippen LogP contribution in [0.2, 0.25) is 5.02 Å². The lowest BCUT2D eigenvalue weighted by Gasteiger charge is -2.26. The van der Waals surface area contributed by atoms with Crippen LogP contribution < -0.4 is 5.32 Å². The van der Waals surface area contributed by atoms with Crippen molar-refractivity contribution < 1.29 is 13.2 Å². The number of nitrogens with one attached hydrogen (secondary N) is 2. The topological polar surface area (TPSA) is 67.2 Å². The van der Waals surface area contributed by atoms with Crippen molar-refractivity contribution in [2.24, 2.45) is 4.99 Å². The average Bonchev–Trinajstić information content (AvgIpc) is 2.72. The van der Waals surface area contributed by atoms with Crippen molar-refractivity contribution in [3.05, 3.63) is 64.2 Å². The van der Waals surface area contributed by atoms with Gasteiger partial charge in [-0.05, 0) is 56.3 Å². The summed E-state index contributed by atoms with van der Waals surface area (Å²) in [7, 11) is 0. The van der Waals surface area contributed by atoms with Gasteiger partial charge in [0.15, 0.2) is 6.19 Å². The molecule has 1 aromatic heterocycles. The lowest BCUT2D eigenvalue weighted by Crippen LogP contribution is -2.27. The van der Waals surface area contributed by atoms with Crippen LogP contribution >= 0.6 is 11.6 Å². The monoisotopic (exact) mass is 409 g/mol. The molecule has 0 saturated heterocycles. The van der Waals surface area contributed by atoms with Crippen LogP contribution in [-0.4, -0.2) is 29.4 Å². The zero-order valence-electron chi connectivity index (χ0n) is 15.1. The summed E-state index contributed by atoms with van der Waals surface area (Å²) in [6, 6.07) is 5.21. The number of hydrogen-bond donors (Lipinski definition) is 2. The minimum atomic E-state index is -4.42. The molecule has 1 aromatic rings. The van der Waals surface area contributed by atoms with Gasteiger partial charge >= 0.3 is 6.18 Å². The highest BCUT2D eigenvalue weighted by atomic mass is 35.5. The number of rotatable bonds is 5. The van der Waals surface area contributed by atoms with E-state index in [0.29, 0.717) is 16.4 Å². The van der Waals surface area contributed by atoms with Crippen molar-refractivity contribution in [2.45, 2.75) is 25.9 Å². The van der Waals surface area contributed by atoms with Gasteiger partial charge in [-0.2, -0.15) is 18.4 Å². The van der Waals surface area contributed by atoms with Crippen LogP contribution in [0.25, 0.3) is 0 Å². The summed E-state index contributed by atoms with van der Waals surface area (Å²) in [5.74, 6) is 0. The third kappa shape index (κ3) is 5.54. The quantitative estimate of drug-likeness (QED) is 0.294. The number of halogens is 4. The van der Waals surface area contributed by atoms with Crippen LogP contribution in [0.5, 0.6) is 0 Å². The second-order valence-corrected chi connectivity index (χ2v) is 6.42. The molecule has 28 heavy (non-hydrogen) atoms. The van der Waals surface area contributed by atoms with E-state index in [2.05, 4.69) is 22.0 Å². The standard InChI is InChI=1S/C19H19ClF3N5/c1-13-8-15(20)4-3-7-26-10-17(13)27-12-28(11-24)18-6-5-14(19(21,22)23)9-16(18)25-2/h3-4,7-10,26-27H,2,5-6,12H2,1H3. The number of aliphatic imine (C=N–C) groups is 1. The fraction of sp³-hybridized carbons (Fsp3) is 0.263. The second-order valence-electron chi connectivity index (χ2n) is 5.98. The first-order valence-electron chi connectivity index (χ1n) is 8.32. The molecule has 5 nitrogen and oxygen atoms in total. The maximum atomic E-state index is 12.9. The van der Waals surface area contributed by atoms with Crippen molar-refractivity contribution in [1.82, 2.24) is 9.88 Å². The molecule has 0 aliphatic heterocycles. The van der Waals surface area contributed by atoms with E-state index in [4.69, 9.17) is 11.6 Å². The van der Waals surface area contributed by atoms with Gasteiger partial charge in [-0.3, -0.25) is 9.89 Å². The second kappa shape index (κ2) is 9.33. The molecule has 0 atom stereocenters. The highest BCUT2D eigenvalue weighted by Crippen LogP contribution is 2.36. The molecule has 1 aliphatic carbocycles. The summed E-state index contributed by atoms with van der Waals surface area (Å²) in [6.45, 7) is 5.22. The third-order valence-corrected chi connectivity index (χ3v) is 4.34. The van der Waals surface area contributed by atoms with Crippen molar-refractivity contribution in [2.75, 3.05) is 12.0 Å². The van der Waals surface area contributed by atoms with Gasteiger partial charge in [-0.15, -0.1) is 0 Å². The molecule has 2 N–H and O–H groups in total. The lowest BCUT2D eigenvalue weighted by molar-refractivity contribution is -0.0943. The fourth-order valence-corrected chi connectivity index (χ4v) is 2.89. The largest absolute Gasteiger partial charge is 0.412 e. The summed E-state index contributed by atoms with van der Waals surface area (Å²) in [5.41, 5.74) is 1.24. The zero-order chi connectivity index (χ0) is 20.7. The number of aromatic nitrogens is 1. The fourth-order valence-electron chi connectivity index (χ4n) is 2.65. The molecular formula is C19H19ClF3N5. The van der Waals surface area contributed by atoms with Gasteiger partial charge in [0.05, 0.1) is 17.1 Å². The molecule has 0 amide bonds. The molecule has 1 heterocycles. The Morgan fingerprint density at radius 1 is 1.43 bits per heavy atom. The van der Waals surface area contributed by atoms with Crippen molar-refractivity contribution in [3.63, 3.8) is 0 Å². The first-order valence-corrected chi connectivity index (χ1v) is 8.70. The predicted octanol–water partition coefficient (Wildman–Crippen LogP) is 5.45. The molecule has 2 rings (SSSR count). The molecule has 0 fully saturated rings. The molecule has 0 bridgehead atoms. The van der Waals surface area contributed by atoms with E-state index in [1.807, 2.05) is 13.1 Å². The molecule has 0 radical (unpaired) electrons. The van der Waals surface area contributed by atoms with Crippen LogP contribution in [0.15, 0.2) is 58.6 Å². The number of nitriles is 1. The first-order chi connectivity index (χ1) is 13.3. The Balaban J connectivity index is 2.30. The normalized spacial score (nSPS) is 13.9. The van der Waals surface area contributed by atoms with Crippen LogP contribution in [0, 0.1) is 18.4 Å². The molecule has 0 unspecified atom stereocenters. The number of aryl methyl sites for hydroxylation is 1. The number of alkyl halides is 3. The molecule has 0 spiro atoms. The van der Waals surface area contributed by atoms with Gasteiger partial charge in [-0.25, -0.2) is 0 Å². The molecule has 9 heteroatoms. The Morgan fingerprint density at radius 2 is 2.18 bits per heavy atom. The van der Waals surface area contributed by atoms with Crippen LogP contribution in [-0.2, 0) is 0 Å². The minimum Gasteiger partial charge on any atom is -0.366 e. The number of allylic oxidation sites excluding steroid dienone is 3. The molecule has 148 valence electrons. The van der Waals surface area contributed by atoms with Gasteiger partial charge < -0.3 is 10.3 Å². The van der Waals surface area contributed by atoms with Crippen molar-refractivity contribution in [1.29, 1.82) is 5.26 Å². The third-order valence-electron chi connectivity index (χ3n) is 4.10. The van der Waals surface area contributed by atoms with Gasteiger partial charge in [0.25, 0.3) is 0 Å². The Kier molecular flexibility index (Phi) is 7.12. The van der Waals surface area contributed by atoms with Crippen LogP contribution in [0.1, 0.15) is 18.4 Å². The van der Waals surface area contributed by atoms with Gasteiger partial charge in [0.2, 0.25) is 0 Å². The number of hydrogen-bond acceptors (Lipinski definition) is 4. The average molecular weight is 410 g/mol. The Morgan fingerprint density at radius 3 is 2.82 bits per heavy atom. The number of aromatic amines is 1. The Labute approximate surface area is 166 Å². The van der Waals surface area contributed by atoms with E-state index in [1.54, 1.807) is 30.6 Å². The summed E-state index contributed by atoms with van der Waals surface area (Å²) in [6.07, 6.45) is 1.72. The SMILES string of the molecule is C=NC1=C(N(C#N)CNc2c[nH]cccc(Cl)cc2C)CCC(C(F)(F)F)=C1. The van der Waals surface area contributed by atoms with Crippen molar-refractivity contribution >= 4 is 24.0 Å². The maximum absolute atomic E-state index is 12.9. The number of anilines is 1. The highest BCUT2D eigenvalue weighted by Gasteiger charge is 2.36. The van der Waals surface area contributed by atoms with E-state index in [9.17, 15) is 18.4 Å². The zero-order valence-corrected chi connectivity index (χ0v) is 15.9. The Bertz CT molecular complexity index is 892. The molecule has 0 aromatic carbocycles.